The molecule has 0 fully saturated rings. The van der Waals surface area contributed by atoms with Gasteiger partial charge < -0.3 is 15.5 Å². The molecule has 16 heavy (non-hydrogen) atoms. The highest BCUT2D eigenvalue weighted by Gasteiger charge is 2.09. The first-order valence-corrected chi connectivity index (χ1v) is 5.64. The molecule has 0 rings (SSSR count). The fraction of sp³-hybridized carbons (Fsp3) is 0.857. The molecule has 2 unspecified atom stereocenters. The monoisotopic (exact) mass is 259 g/mol. The second kappa shape index (κ2) is 8.42. The number of carboxylic acids is 1. The minimum atomic E-state index is -4.16. The molecule has 0 amide bonds. The van der Waals surface area contributed by atoms with Gasteiger partial charge in [-0.05, 0) is 13.8 Å². The lowest BCUT2D eigenvalue weighted by atomic mass is 10.3. The summed E-state index contributed by atoms with van der Waals surface area (Å²) in [7, 11) is -3.29. The molecule has 0 saturated heterocycles. The molecule has 0 saturated carbocycles. The fourth-order valence-corrected chi connectivity index (χ4v) is 0.435. The van der Waals surface area contributed by atoms with Crippen molar-refractivity contribution in [2.24, 2.45) is 0 Å². The van der Waals surface area contributed by atoms with Crippen molar-refractivity contribution in [3.63, 3.8) is 0 Å². The van der Waals surface area contributed by atoms with Crippen LogP contribution in [0.15, 0.2) is 0 Å². The standard InChI is InChI=1S/C6H13NO3.CH4O4S/c1-4(8)3-7-5(2)6(9)10;1-5-6(2,3)4/h4-5,7-8H,3H2,1-2H3,(H,9,10);1H3,(H,2,3,4). The smallest absolute Gasteiger partial charge is 0.397 e. The number of hydrogen-bond donors (Lipinski definition) is 4. The molecule has 0 spiro atoms. The lowest BCUT2D eigenvalue weighted by Gasteiger charge is -2.09. The topological polar surface area (TPSA) is 133 Å². The van der Waals surface area contributed by atoms with Crippen LogP contribution in [0.2, 0.25) is 0 Å². The van der Waals surface area contributed by atoms with Gasteiger partial charge in [0.2, 0.25) is 0 Å². The Kier molecular flexibility index (Phi) is 9.28. The van der Waals surface area contributed by atoms with Crippen molar-refractivity contribution in [3.8, 4) is 0 Å². The maximum atomic E-state index is 10.2. The molecule has 8 nitrogen and oxygen atoms in total. The second-order valence-corrected chi connectivity index (χ2v) is 4.10. The van der Waals surface area contributed by atoms with E-state index < -0.39 is 28.5 Å². The number of hydrogen-bond acceptors (Lipinski definition) is 6. The van der Waals surface area contributed by atoms with E-state index in [1.165, 1.54) is 6.92 Å². The minimum absolute atomic E-state index is 0.313. The number of aliphatic hydroxyl groups is 1. The Morgan fingerprint density at radius 2 is 1.81 bits per heavy atom. The van der Waals surface area contributed by atoms with Crippen molar-refractivity contribution in [3.05, 3.63) is 0 Å². The molecule has 0 heterocycles. The van der Waals surface area contributed by atoms with E-state index in [2.05, 4.69) is 9.50 Å². The molecule has 4 N–H and O–H groups in total. The second-order valence-electron chi connectivity index (χ2n) is 2.91. The number of nitrogens with one attached hydrogen (secondary N) is 1. The van der Waals surface area contributed by atoms with E-state index in [0.29, 0.717) is 6.54 Å². The zero-order valence-corrected chi connectivity index (χ0v) is 10.1. The highest BCUT2D eigenvalue weighted by Crippen LogP contribution is 1.82. The zero-order chi connectivity index (χ0) is 13.4. The van der Waals surface area contributed by atoms with Gasteiger partial charge in [-0.25, -0.2) is 0 Å². The van der Waals surface area contributed by atoms with Crippen molar-refractivity contribution in [2.75, 3.05) is 13.7 Å². The molecule has 9 heteroatoms. The van der Waals surface area contributed by atoms with Gasteiger partial charge in [0, 0.05) is 6.54 Å². The van der Waals surface area contributed by atoms with Crippen LogP contribution >= 0.6 is 0 Å². The SMILES string of the molecule is CC(O)CNC(C)C(=O)O.COS(=O)(=O)O. The van der Waals surface area contributed by atoms with Crippen LogP contribution in [0.25, 0.3) is 0 Å². The number of aliphatic carboxylic acids is 1. The number of carbonyl (C=O) groups is 1. The summed E-state index contributed by atoms with van der Waals surface area (Å²) in [5, 5.41) is 19.7. The maximum absolute atomic E-state index is 10.2. The Morgan fingerprint density at radius 1 is 1.44 bits per heavy atom. The Labute approximate surface area is 94.2 Å². The molecule has 0 aromatic rings. The van der Waals surface area contributed by atoms with Crippen molar-refractivity contribution < 1.29 is 32.2 Å². The predicted molar refractivity (Wildman–Crippen MR) is 55.3 cm³/mol. The minimum Gasteiger partial charge on any atom is -0.480 e. The summed E-state index contributed by atoms with van der Waals surface area (Å²) in [4.78, 5) is 10.2. The van der Waals surface area contributed by atoms with Crippen LogP contribution in [0, 0.1) is 0 Å². The maximum Gasteiger partial charge on any atom is 0.397 e. The van der Waals surface area contributed by atoms with Crippen molar-refractivity contribution in [1.82, 2.24) is 5.32 Å². The first-order valence-electron chi connectivity index (χ1n) is 4.27. The molecular formula is C7H17NO7S. The van der Waals surface area contributed by atoms with Crippen LogP contribution in [0.1, 0.15) is 13.8 Å². The third-order valence-electron chi connectivity index (χ3n) is 1.30. The van der Waals surface area contributed by atoms with E-state index in [0.717, 1.165) is 7.11 Å². The summed E-state index contributed by atoms with van der Waals surface area (Å²) in [5.41, 5.74) is 0. The predicted octanol–water partition coefficient (Wildman–Crippen LogP) is -1.13. The number of aliphatic hydroxyl groups excluding tert-OH is 1. The van der Waals surface area contributed by atoms with Gasteiger partial charge in [-0.3, -0.25) is 13.5 Å². The molecular weight excluding hydrogens is 242 g/mol. The Balaban J connectivity index is 0. The molecule has 0 aromatic carbocycles. The quantitative estimate of drug-likeness (QED) is 0.455. The van der Waals surface area contributed by atoms with E-state index in [4.69, 9.17) is 14.8 Å². The lowest BCUT2D eigenvalue weighted by molar-refractivity contribution is -0.139. The van der Waals surface area contributed by atoms with Crippen LogP contribution in [-0.4, -0.2) is 55.0 Å². The Morgan fingerprint density at radius 3 is 2.00 bits per heavy atom. The van der Waals surface area contributed by atoms with Gasteiger partial charge in [0.15, 0.2) is 0 Å². The molecule has 0 aromatic heterocycles. The summed E-state index contributed by atoms with van der Waals surface area (Å²) in [5.74, 6) is -0.902. The van der Waals surface area contributed by atoms with E-state index in [-0.39, 0.29) is 0 Å². The van der Waals surface area contributed by atoms with Gasteiger partial charge in [0.25, 0.3) is 0 Å². The lowest BCUT2D eigenvalue weighted by Crippen LogP contribution is -2.37. The van der Waals surface area contributed by atoms with Gasteiger partial charge in [-0.1, -0.05) is 0 Å². The van der Waals surface area contributed by atoms with E-state index in [1.807, 2.05) is 0 Å². The molecule has 0 bridgehead atoms. The van der Waals surface area contributed by atoms with Gasteiger partial charge in [-0.15, -0.1) is 0 Å². The summed E-state index contributed by atoms with van der Waals surface area (Å²) in [6.45, 7) is 3.44. The van der Waals surface area contributed by atoms with Crippen LogP contribution in [0.4, 0.5) is 0 Å². The summed E-state index contributed by atoms with van der Waals surface area (Å²) < 4.78 is 29.7. The summed E-state index contributed by atoms with van der Waals surface area (Å²) in [6.07, 6.45) is -0.498. The van der Waals surface area contributed by atoms with Crippen molar-refractivity contribution in [1.29, 1.82) is 0 Å². The van der Waals surface area contributed by atoms with Crippen LogP contribution < -0.4 is 5.32 Å². The van der Waals surface area contributed by atoms with Crippen LogP contribution in [0.3, 0.4) is 0 Å². The molecule has 0 aliphatic heterocycles. The van der Waals surface area contributed by atoms with Crippen LogP contribution in [-0.2, 0) is 19.4 Å². The van der Waals surface area contributed by atoms with Gasteiger partial charge in [0.05, 0.1) is 13.2 Å². The molecule has 0 aliphatic rings. The van der Waals surface area contributed by atoms with Crippen molar-refractivity contribution >= 4 is 16.4 Å². The summed E-state index contributed by atoms with van der Waals surface area (Å²) in [6, 6.07) is -0.588. The number of carboxylic acid groups (broad SMARTS) is 1. The molecule has 98 valence electrons. The first-order chi connectivity index (χ1) is 7.10. The first kappa shape index (κ1) is 17.6. The van der Waals surface area contributed by atoms with Gasteiger partial charge in [0.1, 0.15) is 6.04 Å². The normalized spacial score (nSPS) is 14.6. The van der Waals surface area contributed by atoms with Gasteiger partial charge >= 0.3 is 16.4 Å². The third-order valence-corrected chi connectivity index (χ3v) is 1.72. The molecule has 2 atom stereocenters. The van der Waals surface area contributed by atoms with Gasteiger partial charge in [-0.2, -0.15) is 8.42 Å². The fourth-order valence-electron chi connectivity index (χ4n) is 0.435. The summed E-state index contributed by atoms with van der Waals surface area (Å²) >= 11 is 0. The molecule has 0 aliphatic carbocycles. The largest absolute Gasteiger partial charge is 0.480 e. The highest BCUT2D eigenvalue weighted by molar-refractivity contribution is 7.80. The Hall–Kier alpha value is -0.740. The van der Waals surface area contributed by atoms with E-state index in [1.54, 1.807) is 6.92 Å². The Bertz CT molecular complexity index is 287. The molecule has 0 radical (unpaired) electrons. The highest BCUT2D eigenvalue weighted by atomic mass is 32.3. The van der Waals surface area contributed by atoms with Crippen molar-refractivity contribution in [2.45, 2.75) is 26.0 Å². The zero-order valence-electron chi connectivity index (χ0n) is 9.24. The van der Waals surface area contributed by atoms with Crippen LogP contribution in [0.5, 0.6) is 0 Å². The van der Waals surface area contributed by atoms with E-state index >= 15 is 0 Å². The average Bonchev–Trinajstić information content (AvgIpc) is 2.13. The number of rotatable bonds is 5. The average molecular weight is 259 g/mol. The third kappa shape index (κ3) is 15.7. The van der Waals surface area contributed by atoms with E-state index in [9.17, 15) is 13.2 Å².